The van der Waals surface area contributed by atoms with Crippen LogP contribution in [0.5, 0.6) is 5.75 Å². The molecule has 0 heterocycles. The summed E-state index contributed by atoms with van der Waals surface area (Å²) >= 11 is 0. The molecule has 7 heteroatoms. The minimum Gasteiger partial charge on any atom is -0.497 e. The molecule has 0 unspecified atom stereocenters. The highest BCUT2D eigenvalue weighted by molar-refractivity contribution is 14.0. The van der Waals surface area contributed by atoms with Gasteiger partial charge in [0.15, 0.2) is 5.96 Å². The van der Waals surface area contributed by atoms with Gasteiger partial charge in [0.1, 0.15) is 5.75 Å². The number of ether oxygens (including phenoxy) is 1. The number of hydrogen-bond acceptors (Lipinski definition) is 3. The Bertz CT molecular complexity index is 692. The summed E-state index contributed by atoms with van der Waals surface area (Å²) in [6.07, 6.45) is 0.285. The van der Waals surface area contributed by atoms with E-state index in [0.29, 0.717) is 13.1 Å². The molecule has 25 heavy (non-hydrogen) atoms. The Morgan fingerprint density at radius 1 is 1.16 bits per heavy atom. The molecule has 0 saturated carbocycles. The number of nitrogens with zero attached hydrogens (tertiary/aromatic N) is 1. The van der Waals surface area contributed by atoms with Gasteiger partial charge in [0, 0.05) is 24.7 Å². The van der Waals surface area contributed by atoms with E-state index >= 15 is 0 Å². The number of halogens is 1. The Balaban J connectivity index is 0.00000312. The molecule has 0 radical (unpaired) electrons. The summed E-state index contributed by atoms with van der Waals surface area (Å²) in [5.41, 5.74) is 7.66. The summed E-state index contributed by atoms with van der Waals surface area (Å²) in [6.45, 7) is 0.838. The number of guanidine groups is 1. The molecule has 0 atom stereocenters. The number of benzene rings is 2. The molecule has 6 nitrogen and oxygen atoms in total. The Morgan fingerprint density at radius 2 is 1.92 bits per heavy atom. The third-order valence-electron chi connectivity index (χ3n) is 3.30. The lowest BCUT2D eigenvalue weighted by atomic mass is 10.2. The number of hydrogen-bond donors (Lipinski definition) is 3. The van der Waals surface area contributed by atoms with Gasteiger partial charge in [-0.3, -0.25) is 9.79 Å². The molecule has 2 aromatic carbocycles. The molecule has 0 fully saturated rings. The zero-order valence-corrected chi connectivity index (χ0v) is 16.4. The monoisotopic (exact) mass is 454 g/mol. The molecule has 0 aromatic heterocycles. The van der Waals surface area contributed by atoms with Gasteiger partial charge in [0.25, 0.3) is 0 Å². The number of nitrogens with one attached hydrogen (secondary N) is 2. The van der Waals surface area contributed by atoms with Gasteiger partial charge in [0.05, 0.1) is 13.7 Å². The van der Waals surface area contributed by atoms with Crippen LogP contribution in [0.1, 0.15) is 12.0 Å². The Kier molecular flexibility index (Phi) is 9.38. The fourth-order valence-electron chi connectivity index (χ4n) is 2.05. The molecule has 4 N–H and O–H groups in total. The zero-order valence-electron chi connectivity index (χ0n) is 14.1. The lowest BCUT2D eigenvalue weighted by Gasteiger charge is -2.07. The van der Waals surface area contributed by atoms with E-state index in [1.807, 2.05) is 54.6 Å². The molecule has 2 rings (SSSR count). The molecular formula is C18H23IN4O2. The van der Waals surface area contributed by atoms with Crippen molar-refractivity contribution in [3.63, 3.8) is 0 Å². The topological polar surface area (TPSA) is 88.7 Å². The number of nitrogens with two attached hydrogens (primary N) is 1. The number of rotatable bonds is 7. The minimum atomic E-state index is -0.0585. The van der Waals surface area contributed by atoms with E-state index in [2.05, 4.69) is 15.6 Å². The first-order valence-corrected chi connectivity index (χ1v) is 7.69. The molecule has 1 amide bonds. The smallest absolute Gasteiger partial charge is 0.222 e. The summed E-state index contributed by atoms with van der Waals surface area (Å²) in [6, 6.07) is 17.1. The quantitative estimate of drug-likeness (QED) is 0.341. The first kappa shape index (κ1) is 20.8. The minimum absolute atomic E-state index is 0. The van der Waals surface area contributed by atoms with E-state index in [9.17, 15) is 4.79 Å². The van der Waals surface area contributed by atoms with Crippen LogP contribution in [0.3, 0.4) is 0 Å². The normalized spacial score (nSPS) is 10.5. The molecule has 0 bridgehead atoms. The third kappa shape index (κ3) is 7.88. The number of methoxy groups -OCH3 is 1. The number of carbonyl (C=O) groups is 1. The Morgan fingerprint density at radius 3 is 2.64 bits per heavy atom. The van der Waals surface area contributed by atoms with Crippen LogP contribution in [0.15, 0.2) is 59.6 Å². The van der Waals surface area contributed by atoms with Crippen molar-refractivity contribution >= 4 is 41.5 Å². The average Bonchev–Trinajstić information content (AvgIpc) is 2.61. The average molecular weight is 454 g/mol. The highest BCUT2D eigenvalue weighted by Gasteiger charge is 2.01. The molecule has 0 aliphatic heterocycles. The van der Waals surface area contributed by atoms with Crippen LogP contribution in [0.4, 0.5) is 5.69 Å². The van der Waals surface area contributed by atoms with Crippen molar-refractivity contribution in [3.8, 4) is 5.75 Å². The van der Waals surface area contributed by atoms with Gasteiger partial charge in [-0.1, -0.05) is 36.4 Å². The van der Waals surface area contributed by atoms with Crippen molar-refractivity contribution in [3.05, 3.63) is 60.2 Å². The molecule has 2 aromatic rings. The summed E-state index contributed by atoms with van der Waals surface area (Å²) in [7, 11) is 1.60. The fraction of sp³-hybridized carbons (Fsp3) is 0.222. The van der Waals surface area contributed by atoms with Gasteiger partial charge >= 0.3 is 0 Å². The Hall–Kier alpha value is -2.29. The van der Waals surface area contributed by atoms with Gasteiger partial charge < -0.3 is 21.1 Å². The Labute approximate surface area is 164 Å². The summed E-state index contributed by atoms with van der Waals surface area (Å²) < 4.78 is 5.14. The highest BCUT2D eigenvalue weighted by atomic mass is 127. The SMILES string of the molecule is COc1cccc(NC(N)=NCCC(=O)NCc2ccccc2)c1.I. The van der Waals surface area contributed by atoms with Crippen LogP contribution in [-0.2, 0) is 11.3 Å². The van der Waals surface area contributed by atoms with Gasteiger partial charge in [-0.25, -0.2) is 0 Å². The van der Waals surface area contributed by atoms with Gasteiger partial charge in [0.2, 0.25) is 5.91 Å². The first-order valence-electron chi connectivity index (χ1n) is 7.69. The highest BCUT2D eigenvalue weighted by Crippen LogP contribution is 2.16. The first-order chi connectivity index (χ1) is 11.7. The largest absolute Gasteiger partial charge is 0.497 e. The molecular weight excluding hydrogens is 431 g/mol. The van der Waals surface area contributed by atoms with Crippen LogP contribution in [0, 0.1) is 0 Å². The van der Waals surface area contributed by atoms with E-state index in [0.717, 1.165) is 17.0 Å². The third-order valence-corrected chi connectivity index (χ3v) is 3.30. The molecule has 0 saturated heterocycles. The summed E-state index contributed by atoms with van der Waals surface area (Å²) in [5.74, 6) is 0.934. The van der Waals surface area contributed by atoms with Crippen molar-refractivity contribution in [2.75, 3.05) is 19.0 Å². The number of amides is 1. The van der Waals surface area contributed by atoms with Crippen LogP contribution >= 0.6 is 24.0 Å². The second-order valence-corrected chi connectivity index (χ2v) is 5.14. The maximum absolute atomic E-state index is 11.8. The number of aliphatic imine (C=N–C) groups is 1. The van der Waals surface area contributed by atoms with Gasteiger partial charge in [-0.2, -0.15) is 0 Å². The van der Waals surface area contributed by atoms with Gasteiger partial charge in [-0.15, -0.1) is 24.0 Å². The van der Waals surface area contributed by atoms with E-state index < -0.39 is 0 Å². The number of carbonyl (C=O) groups excluding carboxylic acids is 1. The van der Waals surface area contributed by atoms with Crippen LogP contribution in [-0.4, -0.2) is 25.5 Å². The van der Waals surface area contributed by atoms with Crippen LogP contribution in [0.2, 0.25) is 0 Å². The number of anilines is 1. The van der Waals surface area contributed by atoms with Crippen LogP contribution < -0.4 is 21.1 Å². The van der Waals surface area contributed by atoms with E-state index in [4.69, 9.17) is 10.5 Å². The van der Waals surface area contributed by atoms with Crippen molar-refractivity contribution in [1.82, 2.24) is 5.32 Å². The van der Waals surface area contributed by atoms with E-state index in [-0.39, 0.29) is 42.3 Å². The standard InChI is InChI=1S/C18H22N4O2.HI/c1-24-16-9-5-8-15(12-16)22-18(19)20-11-10-17(23)21-13-14-6-3-2-4-7-14;/h2-9,12H,10-11,13H2,1H3,(H,21,23)(H3,19,20,22);1H. The predicted molar refractivity (Wildman–Crippen MR) is 111 cm³/mol. The second kappa shape index (κ2) is 11.3. The van der Waals surface area contributed by atoms with E-state index in [1.165, 1.54) is 0 Å². The predicted octanol–water partition coefficient (Wildman–Crippen LogP) is 2.75. The van der Waals surface area contributed by atoms with E-state index in [1.54, 1.807) is 7.11 Å². The van der Waals surface area contributed by atoms with Gasteiger partial charge in [-0.05, 0) is 17.7 Å². The molecule has 0 spiro atoms. The van der Waals surface area contributed by atoms with Crippen LogP contribution in [0.25, 0.3) is 0 Å². The molecule has 134 valence electrons. The lowest BCUT2D eigenvalue weighted by Crippen LogP contribution is -2.25. The van der Waals surface area contributed by atoms with Crippen molar-refractivity contribution < 1.29 is 9.53 Å². The summed E-state index contributed by atoms with van der Waals surface area (Å²) in [5, 5.41) is 5.82. The summed E-state index contributed by atoms with van der Waals surface area (Å²) in [4.78, 5) is 15.9. The zero-order chi connectivity index (χ0) is 17.2. The fourth-order valence-corrected chi connectivity index (χ4v) is 2.05. The van der Waals surface area contributed by atoms with Crippen molar-refractivity contribution in [2.24, 2.45) is 10.7 Å². The second-order valence-electron chi connectivity index (χ2n) is 5.14. The molecule has 0 aliphatic rings. The van der Waals surface area contributed by atoms with Crippen molar-refractivity contribution in [2.45, 2.75) is 13.0 Å². The molecule has 0 aliphatic carbocycles. The van der Waals surface area contributed by atoms with Crippen molar-refractivity contribution in [1.29, 1.82) is 0 Å². The maximum Gasteiger partial charge on any atom is 0.222 e. The maximum atomic E-state index is 11.8. The lowest BCUT2D eigenvalue weighted by molar-refractivity contribution is -0.121.